The molecule has 0 aromatic heterocycles. The summed E-state index contributed by atoms with van der Waals surface area (Å²) in [4.78, 5) is 0. The summed E-state index contributed by atoms with van der Waals surface area (Å²) in [5.41, 5.74) is 1.97. The highest BCUT2D eigenvalue weighted by Crippen LogP contribution is 3.00. The second-order valence-electron chi connectivity index (χ2n) is 9.49. The topological polar surface area (TPSA) is 0 Å². The zero-order valence-corrected chi connectivity index (χ0v) is 10.3. The first-order valence-electron chi connectivity index (χ1n) is 8.37. The third kappa shape index (κ3) is 0.387. The molecule has 0 N–H and O–H groups in total. The van der Waals surface area contributed by atoms with E-state index in [1.165, 1.54) is 59.2 Å². The Balaban J connectivity index is 1.61. The Morgan fingerprint density at radius 3 is 2.47 bits per heavy atom. The highest BCUT2D eigenvalue weighted by molar-refractivity contribution is 5.42. The van der Waals surface area contributed by atoms with Gasteiger partial charge in [0.05, 0.1) is 0 Å². The van der Waals surface area contributed by atoms with Crippen molar-refractivity contribution in [3.63, 3.8) is 0 Å². The van der Waals surface area contributed by atoms with Gasteiger partial charge in [0.25, 0.3) is 0 Å². The predicted molar refractivity (Wildman–Crippen MR) is 62.9 cm³/mol. The lowest BCUT2D eigenvalue weighted by molar-refractivity contribution is -0.257. The molecule has 0 heteroatoms. The zero-order chi connectivity index (χ0) is 10.3. The molecule has 12 unspecified atom stereocenters. The molecule has 0 radical (unpaired) electrons. The van der Waals surface area contributed by atoms with E-state index >= 15 is 0 Å². The van der Waals surface area contributed by atoms with Crippen molar-refractivity contribution in [2.24, 2.45) is 70.0 Å². The maximum Gasteiger partial charge on any atom is -0.0193 e. The van der Waals surface area contributed by atoms with Crippen molar-refractivity contribution in [1.29, 1.82) is 0 Å². The van der Waals surface area contributed by atoms with Gasteiger partial charge < -0.3 is 0 Å². The summed E-state index contributed by atoms with van der Waals surface area (Å²) in [6.07, 6.45) is 8.62. The molecule has 0 saturated heterocycles. The van der Waals surface area contributed by atoms with Crippen LogP contribution >= 0.6 is 0 Å². The van der Waals surface area contributed by atoms with Crippen LogP contribution in [0.4, 0.5) is 0 Å². The van der Waals surface area contributed by atoms with Crippen LogP contribution in [-0.2, 0) is 0 Å². The van der Waals surface area contributed by atoms with Gasteiger partial charge in [-0.1, -0.05) is 0 Å². The maximum absolute atomic E-state index is 1.77. The minimum Gasteiger partial charge on any atom is -0.0465 e. The molecule has 9 fully saturated rings. The number of fused-ring (bicyclic) bond motifs is 1. The number of hydrogen-bond donors (Lipinski definition) is 0. The van der Waals surface area contributed by atoms with Crippen LogP contribution in [0.3, 0.4) is 0 Å². The van der Waals surface area contributed by atoms with Crippen LogP contribution in [0.1, 0.15) is 32.1 Å². The third-order valence-electron chi connectivity index (χ3n) is 10.6. The molecule has 17 heavy (non-hydrogen) atoms. The minimum atomic E-state index is 0.969. The molecule has 12 atom stereocenters. The fourth-order valence-corrected chi connectivity index (χ4v) is 11.3. The highest BCUT2D eigenvalue weighted by Gasteiger charge is 2.95. The van der Waals surface area contributed by atoms with Gasteiger partial charge in [-0.15, -0.1) is 0 Å². The molecule has 0 aliphatic heterocycles. The van der Waals surface area contributed by atoms with E-state index in [9.17, 15) is 0 Å². The van der Waals surface area contributed by atoms with Gasteiger partial charge in [-0.25, -0.2) is 0 Å². The molecule has 9 rings (SSSR count). The van der Waals surface area contributed by atoms with Gasteiger partial charge in [-0.2, -0.15) is 0 Å². The van der Waals surface area contributed by atoms with Crippen LogP contribution in [-0.4, -0.2) is 0 Å². The highest BCUT2D eigenvalue weighted by atomic mass is 15.0. The molecule has 9 aliphatic carbocycles. The van der Waals surface area contributed by atoms with Crippen molar-refractivity contribution >= 4 is 0 Å². The average molecular weight is 224 g/mol. The monoisotopic (exact) mass is 224 g/mol. The second kappa shape index (κ2) is 1.63. The van der Waals surface area contributed by atoms with Crippen LogP contribution in [0.15, 0.2) is 0 Å². The predicted octanol–water partition coefficient (Wildman–Crippen LogP) is 3.18. The molecule has 0 nitrogen and oxygen atoms in total. The van der Waals surface area contributed by atoms with E-state index in [1.54, 1.807) is 32.1 Å². The Kier molecular flexibility index (Phi) is 0.724. The quantitative estimate of drug-likeness (QED) is 0.593. The van der Waals surface area contributed by atoms with Gasteiger partial charge >= 0.3 is 0 Å². The van der Waals surface area contributed by atoms with Crippen molar-refractivity contribution in [3.05, 3.63) is 0 Å². The summed E-state index contributed by atoms with van der Waals surface area (Å²) < 4.78 is 0. The summed E-state index contributed by atoms with van der Waals surface area (Å²) in [6, 6.07) is 0. The van der Waals surface area contributed by atoms with Gasteiger partial charge in [0.15, 0.2) is 0 Å². The molecular weight excluding hydrogens is 204 g/mol. The van der Waals surface area contributed by atoms with E-state index in [-0.39, 0.29) is 0 Å². The van der Waals surface area contributed by atoms with Gasteiger partial charge in [0.2, 0.25) is 0 Å². The number of rotatable bonds is 0. The molecule has 9 bridgehead atoms. The van der Waals surface area contributed by atoms with E-state index in [4.69, 9.17) is 0 Å². The van der Waals surface area contributed by atoms with Crippen LogP contribution < -0.4 is 0 Å². The Bertz CT molecular complexity index is 522. The minimum absolute atomic E-state index is 0.969. The lowest BCUT2D eigenvalue weighted by Gasteiger charge is -2.72. The second-order valence-corrected chi connectivity index (χ2v) is 9.49. The van der Waals surface area contributed by atoms with Gasteiger partial charge in [-0.3, -0.25) is 0 Å². The standard InChI is InChI=1S/C17H20/c1-6-2-9-8(1)12-13(9)17-5-16(6)7-3-10(11(17)4-7)14(16)15(12)17/h6-15H,1-5H2. The molecule has 9 aliphatic rings. The molecule has 0 amide bonds. The van der Waals surface area contributed by atoms with Crippen LogP contribution in [0, 0.1) is 70.0 Å². The van der Waals surface area contributed by atoms with Gasteiger partial charge in [-0.05, 0) is 102 Å². The zero-order valence-electron chi connectivity index (χ0n) is 10.3. The maximum atomic E-state index is 1.77. The molecule has 88 valence electrons. The SMILES string of the molecule is C1C2C3CC1C14CC56C7CC1CC7C4C5C2C36. The smallest absolute Gasteiger partial charge is 0.0193 e. The number of hydrogen-bond acceptors (Lipinski definition) is 0. The Morgan fingerprint density at radius 1 is 0.647 bits per heavy atom. The van der Waals surface area contributed by atoms with Crippen molar-refractivity contribution in [2.45, 2.75) is 32.1 Å². The Labute approximate surface area is 103 Å². The van der Waals surface area contributed by atoms with Crippen molar-refractivity contribution in [2.75, 3.05) is 0 Å². The van der Waals surface area contributed by atoms with Crippen LogP contribution in [0.2, 0.25) is 0 Å². The molecule has 9 saturated carbocycles. The van der Waals surface area contributed by atoms with Crippen molar-refractivity contribution < 1.29 is 0 Å². The van der Waals surface area contributed by atoms with E-state index in [2.05, 4.69) is 0 Å². The van der Waals surface area contributed by atoms with Crippen LogP contribution in [0.5, 0.6) is 0 Å². The van der Waals surface area contributed by atoms with Gasteiger partial charge in [0, 0.05) is 0 Å². The summed E-state index contributed by atoms with van der Waals surface area (Å²) in [5.74, 6) is 12.7. The Morgan fingerprint density at radius 2 is 1.47 bits per heavy atom. The first-order valence-corrected chi connectivity index (χ1v) is 8.37. The largest absolute Gasteiger partial charge is 0.0465 e. The van der Waals surface area contributed by atoms with Crippen molar-refractivity contribution in [3.8, 4) is 0 Å². The van der Waals surface area contributed by atoms with Crippen molar-refractivity contribution in [1.82, 2.24) is 0 Å². The average Bonchev–Trinajstić information content (AvgIpc) is 2.93. The van der Waals surface area contributed by atoms with Gasteiger partial charge in [0.1, 0.15) is 0 Å². The third-order valence-corrected chi connectivity index (χ3v) is 10.6. The fourth-order valence-electron chi connectivity index (χ4n) is 11.3. The fraction of sp³-hybridized carbons (Fsp3) is 1.00. The van der Waals surface area contributed by atoms with E-state index < -0.39 is 0 Å². The molecule has 0 heterocycles. The summed E-state index contributed by atoms with van der Waals surface area (Å²) in [5, 5.41) is 0. The molecule has 2 spiro atoms. The van der Waals surface area contributed by atoms with E-state index in [0.717, 1.165) is 10.8 Å². The lowest BCUT2D eigenvalue weighted by Crippen LogP contribution is -2.68. The molecule has 0 aromatic carbocycles. The van der Waals surface area contributed by atoms with Crippen LogP contribution in [0.25, 0.3) is 0 Å². The summed E-state index contributed by atoms with van der Waals surface area (Å²) in [6.45, 7) is 0. The molecular formula is C17H20. The van der Waals surface area contributed by atoms with E-state index in [1.807, 2.05) is 0 Å². The first-order chi connectivity index (χ1) is 8.37. The molecule has 0 aromatic rings. The summed E-state index contributed by atoms with van der Waals surface area (Å²) in [7, 11) is 0. The first kappa shape index (κ1) is 7.56. The normalized spacial score (nSPS) is 93.2. The summed E-state index contributed by atoms with van der Waals surface area (Å²) >= 11 is 0. The lowest BCUT2D eigenvalue weighted by atomic mass is 9.32. The Hall–Kier alpha value is 0. The van der Waals surface area contributed by atoms with E-state index in [0.29, 0.717) is 0 Å².